The Morgan fingerprint density at radius 3 is 2.67 bits per heavy atom. The van der Waals surface area contributed by atoms with Crippen LogP contribution in [0.15, 0.2) is 23.1 Å². The van der Waals surface area contributed by atoms with Crippen molar-refractivity contribution in [3.05, 3.63) is 23.8 Å². The van der Waals surface area contributed by atoms with E-state index in [0.717, 1.165) is 19.3 Å². The monoisotopic (exact) mass is 398 g/mol. The summed E-state index contributed by atoms with van der Waals surface area (Å²) in [6.45, 7) is 4.05. The Morgan fingerprint density at radius 2 is 2.04 bits per heavy atom. The van der Waals surface area contributed by atoms with Crippen molar-refractivity contribution >= 4 is 21.9 Å². The molecule has 1 fully saturated rings. The summed E-state index contributed by atoms with van der Waals surface area (Å²) >= 11 is 0. The van der Waals surface area contributed by atoms with Crippen molar-refractivity contribution in [1.82, 2.24) is 9.62 Å². The first-order chi connectivity index (χ1) is 12.8. The van der Waals surface area contributed by atoms with E-state index in [-0.39, 0.29) is 22.3 Å². The van der Waals surface area contributed by atoms with Gasteiger partial charge in [-0.05, 0) is 44.9 Å². The topological polar surface area (TPSA) is 102 Å². The highest BCUT2D eigenvalue weighted by Gasteiger charge is 2.33. The first-order valence-corrected chi connectivity index (χ1v) is 10.4. The highest BCUT2D eigenvalue weighted by atomic mass is 32.2. The smallest absolute Gasteiger partial charge is 0.338 e. The molecule has 0 spiro atoms. The molecule has 0 radical (unpaired) electrons. The minimum Gasteiger partial charge on any atom is -0.495 e. The third-order valence-corrected chi connectivity index (χ3v) is 6.47. The van der Waals surface area contributed by atoms with E-state index in [2.05, 4.69) is 5.32 Å². The highest BCUT2D eigenvalue weighted by molar-refractivity contribution is 7.89. The number of nitrogens with one attached hydrogen (secondary N) is 1. The average molecular weight is 398 g/mol. The molecule has 0 unspecified atom stereocenters. The fourth-order valence-electron chi connectivity index (χ4n) is 3.02. The van der Waals surface area contributed by atoms with Crippen molar-refractivity contribution < 1.29 is 27.5 Å². The quantitative estimate of drug-likeness (QED) is 0.699. The number of rotatable bonds is 7. The predicted octanol–water partition coefficient (Wildman–Crippen LogP) is 1.55. The molecular weight excluding hydrogens is 372 g/mol. The summed E-state index contributed by atoms with van der Waals surface area (Å²) in [6.07, 6.45) is 2.56. The molecule has 1 aliphatic heterocycles. The van der Waals surface area contributed by atoms with Crippen LogP contribution < -0.4 is 10.1 Å². The normalized spacial score (nSPS) is 18.0. The van der Waals surface area contributed by atoms with E-state index in [0.29, 0.717) is 13.1 Å². The van der Waals surface area contributed by atoms with E-state index in [4.69, 9.17) is 9.47 Å². The number of esters is 1. The van der Waals surface area contributed by atoms with Crippen LogP contribution in [0.3, 0.4) is 0 Å². The van der Waals surface area contributed by atoms with E-state index < -0.39 is 28.5 Å². The van der Waals surface area contributed by atoms with Gasteiger partial charge in [0.15, 0.2) is 6.61 Å². The van der Waals surface area contributed by atoms with Gasteiger partial charge in [0.1, 0.15) is 10.6 Å². The Hall–Kier alpha value is -2.13. The molecule has 27 heavy (non-hydrogen) atoms. The van der Waals surface area contributed by atoms with E-state index in [1.54, 1.807) is 6.92 Å². The van der Waals surface area contributed by atoms with Gasteiger partial charge in [0, 0.05) is 19.1 Å². The van der Waals surface area contributed by atoms with Gasteiger partial charge in [-0.15, -0.1) is 0 Å². The molecule has 1 N–H and O–H groups in total. The standard InChI is InChI=1S/C18H26N2O6S/c1-4-19-17(21)12-26-18(22)14-8-9-15(25-3)16(11-14)27(23,24)20-10-6-5-7-13(20)2/h8-9,11,13H,4-7,10,12H2,1-3H3,(H,19,21)/t13-/m0/s1. The summed E-state index contributed by atoms with van der Waals surface area (Å²) in [6, 6.07) is 3.96. The number of likely N-dealkylation sites (N-methyl/N-ethyl adjacent to an activating group) is 1. The van der Waals surface area contributed by atoms with Gasteiger partial charge in [-0.3, -0.25) is 4.79 Å². The number of amides is 1. The van der Waals surface area contributed by atoms with Crippen molar-refractivity contribution in [2.24, 2.45) is 0 Å². The van der Waals surface area contributed by atoms with E-state index >= 15 is 0 Å². The molecule has 150 valence electrons. The van der Waals surface area contributed by atoms with Crippen LogP contribution in [0.1, 0.15) is 43.5 Å². The van der Waals surface area contributed by atoms with Crippen LogP contribution in [-0.2, 0) is 19.6 Å². The molecule has 1 aromatic carbocycles. The van der Waals surface area contributed by atoms with Gasteiger partial charge in [0.2, 0.25) is 10.0 Å². The SMILES string of the molecule is CCNC(=O)COC(=O)c1ccc(OC)c(S(=O)(=O)N2CCCC[C@@H]2C)c1. The lowest BCUT2D eigenvalue weighted by molar-refractivity contribution is -0.124. The predicted molar refractivity (Wildman–Crippen MR) is 99.2 cm³/mol. The van der Waals surface area contributed by atoms with E-state index in [9.17, 15) is 18.0 Å². The number of ether oxygens (including phenoxy) is 2. The number of hydrogen-bond donors (Lipinski definition) is 1. The van der Waals surface area contributed by atoms with Crippen LogP contribution >= 0.6 is 0 Å². The summed E-state index contributed by atoms with van der Waals surface area (Å²) < 4.78 is 37.9. The van der Waals surface area contributed by atoms with E-state index in [1.165, 1.54) is 29.6 Å². The Bertz CT molecular complexity index is 793. The summed E-state index contributed by atoms with van der Waals surface area (Å²) in [5.74, 6) is -1.03. The van der Waals surface area contributed by atoms with Gasteiger partial charge in [-0.2, -0.15) is 4.31 Å². The lowest BCUT2D eigenvalue weighted by Gasteiger charge is -2.32. The molecule has 0 bridgehead atoms. The minimum atomic E-state index is -3.83. The zero-order chi connectivity index (χ0) is 20.0. The molecule has 2 rings (SSSR count). The Kier molecular flexibility index (Phi) is 7.20. The van der Waals surface area contributed by atoms with Gasteiger partial charge < -0.3 is 14.8 Å². The second kappa shape index (κ2) is 9.18. The van der Waals surface area contributed by atoms with Crippen LogP contribution in [-0.4, -0.2) is 57.4 Å². The highest BCUT2D eigenvalue weighted by Crippen LogP contribution is 2.31. The number of carbonyl (C=O) groups is 2. The molecule has 0 saturated carbocycles. The van der Waals surface area contributed by atoms with Crippen LogP contribution in [0.5, 0.6) is 5.75 Å². The molecule has 0 aliphatic carbocycles. The van der Waals surface area contributed by atoms with Crippen molar-refractivity contribution in [3.63, 3.8) is 0 Å². The summed E-state index contributed by atoms with van der Waals surface area (Å²) in [5.41, 5.74) is 0.0448. The maximum absolute atomic E-state index is 13.1. The van der Waals surface area contributed by atoms with Crippen molar-refractivity contribution in [2.45, 2.75) is 44.0 Å². The molecule has 8 nitrogen and oxygen atoms in total. The minimum absolute atomic E-state index is 0.0448. The third kappa shape index (κ3) is 4.98. The average Bonchev–Trinajstić information content (AvgIpc) is 2.66. The van der Waals surface area contributed by atoms with Gasteiger partial charge in [0.25, 0.3) is 5.91 Å². The first kappa shape index (κ1) is 21.2. The molecule has 0 aromatic heterocycles. The second-order valence-electron chi connectivity index (χ2n) is 6.36. The number of hydrogen-bond acceptors (Lipinski definition) is 6. The van der Waals surface area contributed by atoms with Crippen molar-refractivity contribution in [3.8, 4) is 5.75 Å². The molecule has 1 aliphatic rings. The van der Waals surface area contributed by atoms with E-state index in [1.807, 2.05) is 6.92 Å². The second-order valence-corrected chi connectivity index (χ2v) is 8.21. The maximum Gasteiger partial charge on any atom is 0.338 e. The Morgan fingerprint density at radius 1 is 1.30 bits per heavy atom. The van der Waals surface area contributed by atoms with Crippen LogP contribution in [0, 0.1) is 0 Å². The Labute approximate surface area is 159 Å². The maximum atomic E-state index is 13.1. The fourth-order valence-corrected chi connectivity index (χ4v) is 4.91. The molecule has 1 aromatic rings. The zero-order valence-corrected chi connectivity index (χ0v) is 16.7. The lowest BCUT2D eigenvalue weighted by atomic mass is 10.1. The van der Waals surface area contributed by atoms with Gasteiger partial charge in [-0.25, -0.2) is 13.2 Å². The number of piperidine rings is 1. The summed E-state index contributed by atoms with van der Waals surface area (Å²) in [5, 5.41) is 2.52. The number of carbonyl (C=O) groups excluding carboxylic acids is 2. The number of methoxy groups -OCH3 is 1. The molecule has 1 amide bonds. The van der Waals surface area contributed by atoms with Gasteiger partial charge in [0.05, 0.1) is 12.7 Å². The van der Waals surface area contributed by atoms with Crippen LogP contribution in [0.2, 0.25) is 0 Å². The van der Waals surface area contributed by atoms with Crippen LogP contribution in [0.4, 0.5) is 0 Å². The summed E-state index contributed by atoms with van der Waals surface area (Å²) in [4.78, 5) is 23.6. The molecular formula is C18H26N2O6S. The van der Waals surface area contributed by atoms with Crippen molar-refractivity contribution in [1.29, 1.82) is 0 Å². The third-order valence-electron chi connectivity index (χ3n) is 4.44. The van der Waals surface area contributed by atoms with Crippen LogP contribution in [0.25, 0.3) is 0 Å². The lowest BCUT2D eigenvalue weighted by Crippen LogP contribution is -2.42. The number of nitrogens with zero attached hydrogens (tertiary/aromatic N) is 1. The first-order valence-electron chi connectivity index (χ1n) is 8.95. The summed E-state index contributed by atoms with van der Waals surface area (Å²) in [7, 11) is -2.45. The molecule has 1 saturated heterocycles. The largest absolute Gasteiger partial charge is 0.495 e. The molecule has 1 atom stereocenters. The molecule has 9 heteroatoms. The molecule has 1 heterocycles. The van der Waals surface area contributed by atoms with Gasteiger partial charge in [-0.1, -0.05) is 6.42 Å². The number of benzene rings is 1. The van der Waals surface area contributed by atoms with Crippen molar-refractivity contribution in [2.75, 3.05) is 26.8 Å². The van der Waals surface area contributed by atoms with Gasteiger partial charge >= 0.3 is 5.97 Å². The number of sulfonamides is 1. The fraction of sp³-hybridized carbons (Fsp3) is 0.556. The zero-order valence-electron chi connectivity index (χ0n) is 15.9. The Balaban J connectivity index is 2.29.